The summed E-state index contributed by atoms with van der Waals surface area (Å²) in [6, 6.07) is 13.2. The fourth-order valence-corrected chi connectivity index (χ4v) is 4.77. The van der Waals surface area contributed by atoms with Gasteiger partial charge in [0.05, 0.1) is 24.0 Å². The van der Waals surface area contributed by atoms with E-state index < -0.39 is 0 Å². The molecule has 182 valence electrons. The molecule has 2 heterocycles. The number of aryl methyl sites for hydroxylation is 1. The summed E-state index contributed by atoms with van der Waals surface area (Å²) < 4.78 is 13.0. The molecule has 0 radical (unpaired) electrons. The lowest BCUT2D eigenvalue weighted by Crippen LogP contribution is -2.27. The van der Waals surface area contributed by atoms with Crippen molar-refractivity contribution >= 4 is 16.9 Å². The number of ether oxygens (including phenoxy) is 1. The van der Waals surface area contributed by atoms with E-state index in [4.69, 9.17) is 9.26 Å². The third-order valence-corrected chi connectivity index (χ3v) is 6.63. The van der Waals surface area contributed by atoms with Crippen LogP contribution in [0.1, 0.15) is 55.3 Å². The van der Waals surface area contributed by atoms with E-state index in [2.05, 4.69) is 20.4 Å². The molecule has 1 amide bonds. The molecule has 1 aliphatic rings. The Labute approximate surface area is 204 Å². The highest BCUT2D eigenvalue weighted by Gasteiger charge is 2.17. The number of rotatable bonds is 10. The maximum Gasteiger partial charge on any atom is 0.251 e. The van der Waals surface area contributed by atoms with E-state index in [1.807, 2.05) is 41.8 Å². The molecule has 8 nitrogen and oxygen atoms in total. The van der Waals surface area contributed by atoms with Crippen molar-refractivity contribution in [2.24, 2.45) is 5.92 Å². The van der Waals surface area contributed by atoms with Crippen LogP contribution in [-0.4, -0.2) is 38.8 Å². The first-order valence-corrected chi connectivity index (χ1v) is 12.5. The smallest absolute Gasteiger partial charge is 0.251 e. The maximum absolute atomic E-state index is 12.5. The number of carbonyl (C=O) groups excluding carboxylic acids is 1. The SMILES string of the molecule is CCOc1cccc(C(=O)NCCn2cnc3cc(-c4noc(CCC5CCCC5)n4)ccc32)c1. The highest BCUT2D eigenvalue weighted by atomic mass is 16.5. The maximum atomic E-state index is 12.5. The molecule has 0 spiro atoms. The molecule has 0 bridgehead atoms. The second kappa shape index (κ2) is 10.7. The monoisotopic (exact) mass is 473 g/mol. The quantitative estimate of drug-likeness (QED) is 0.347. The van der Waals surface area contributed by atoms with Gasteiger partial charge in [0.25, 0.3) is 5.91 Å². The van der Waals surface area contributed by atoms with E-state index in [0.717, 1.165) is 35.4 Å². The Morgan fingerprint density at radius 2 is 2.09 bits per heavy atom. The number of amides is 1. The molecule has 0 aliphatic heterocycles. The molecule has 1 N–H and O–H groups in total. The van der Waals surface area contributed by atoms with Gasteiger partial charge in [0, 0.05) is 30.6 Å². The number of carbonyl (C=O) groups is 1. The van der Waals surface area contributed by atoms with Crippen molar-refractivity contribution < 1.29 is 14.1 Å². The van der Waals surface area contributed by atoms with Gasteiger partial charge in [-0.15, -0.1) is 0 Å². The van der Waals surface area contributed by atoms with Gasteiger partial charge in [-0.3, -0.25) is 4.79 Å². The van der Waals surface area contributed by atoms with Crippen LogP contribution < -0.4 is 10.1 Å². The van der Waals surface area contributed by atoms with Crippen LogP contribution >= 0.6 is 0 Å². The second-order valence-electron chi connectivity index (χ2n) is 9.06. The van der Waals surface area contributed by atoms with E-state index >= 15 is 0 Å². The Hall–Kier alpha value is -3.68. The largest absolute Gasteiger partial charge is 0.494 e. The third-order valence-electron chi connectivity index (χ3n) is 6.63. The zero-order valence-electron chi connectivity index (χ0n) is 20.1. The van der Waals surface area contributed by atoms with Crippen LogP contribution in [0.25, 0.3) is 22.4 Å². The van der Waals surface area contributed by atoms with E-state index in [0.29, 0.717) is 42.7 Å². The van der Waals surface area contributed by atoms with Crippen molar-refractivity contribution in [1.29, 1.82) is 0 Å². The number of fused-ring (bicyclic) bond motifs is 1. The van der Waals surface area contributed by atoms with Gasteiger partial charge in [-0.2, -0.15) is 4.98 Å². The lowest BCUT2D eigenvalue weighted by molar-refractivity contribution is 0.0952. The Bertz CT molecular complexity index is 1290. The first-order valence-electron chi connectivity index (χ1n) is 12.5. The summed E-state index contributed by atoms with van der Waals surface area (Å²) in [6.45, 7) is 3.58. The molecule has 0 saturated heterocycles. The molecular formula is C27H31N5O3. The minimum absolute atomic E-state index is 0.126. The fourth-order valence-electron chi connectivity index (χ4n) is 4.77. The first-order chi connectivity index (χ1) is 17.2. The van der Waals surface area contributed by atoms with Crippen LogP contribution in [0.4, 0.5) is 0 Å². The lowest BCUT2D eigenvalue weighted by Gasteiger charge is -2.09. The van der Waals surface area contributed by atoms with E-state index in [9.17, 15) is 4.79 Å². The highest BCUT2D eigenvalue weighted by Crippen LogP contribution is 2.29. The van der Waals surface area contributed by atoms with Gasteiger partial charge >= 0.3 is 0 Å². The Morgan fingerprint density at radius 1 is 1.20 bits per heavy atom. The summed E-state index contributed by atoms with van der Waals surface area (Å²) in [4.78, 5) is 21.6. The van der Waals surface area contributed by atoms with Crippen molar-refractivity contribution in [1.82, 2.24) is 25.0 Å². The second-order valence-corrected chi connectivity index (χ2v) is 9.06. The molecular weight excluding hydrogens is 442 g/mol. The van der Waals surface area contributed by atoms with Crippen LogP contribution in [0.5, 0.6) is 5.75 Å². The first kappa shape index (κ1) is 23.1. The minimum atomic E-state index is -0.126. The number of nitrogens with zero attached hydrogens (tertiary/aromatic N) is 4. The van der Waals surface area contributed by atoms with Crippen LogP contribution in [0.3, 0.4) is 0 Å². The van der Waals surface area contributed by atoms with Gasteiger partial charge in [-0.05, 0) is 55.7 Å². The number of imidazole rings is 1. The number of hydrogen-bond donors (Lipinski definition) is 1. The summed E-state index contributed by atoms with van der Waals surface area (Å²) in [6.07, 6.45) is 9.10. The molecule has 8 heteroatoms. The van der Waals surface area contributed by atoms with E-state index in [1.165, 1.54) is 25.7 Å². The van der Waals surface area contributed by atoms with Gasteiger partial charge in [-0.1, -0.05) is 36.9 Å². The van der Waals surface area contributed by atoms with Crippen molar-refractivity contribution in [2.75, 3.05) is 13.2 Å². The minimum Gasteiger partial charge on any atom is -0.494 e. The van der Waals surface area contributed by atoms with Gasteiger partial charge in [0.2, 0.25) is 11.7 Å². The molecule has 4 aromatic rings. The zero-order chi connectivity index (χ0) is 24.0. The van der Waals surface area contributed by atoms with Crippen LogP contribution in [0, 0.1) is 5.92 Å². The summed E-state index contributed by atoms with van der Waals surface area (Å²) >= 11 is 0. The molecule has 1 aliphatic carbocycles. The van der Waals surface area contributed by atoms with Gasteiger partial charge in [0.1, 0.15) is 5.75 Å². The summed E-state index contributed by atoms with van der Waals surface area (Å²) in [7, 11) is 0. The van der Waals surface area contributed by atoms with Crippen LogP contribution in [0.15, 0.2) is 53.3 Å². The summed E-state index contributed by atoms with van der Waals surface area (Å²) in [5, 5.41) is 7.15. The summed E-state index contributed by atoms with van der Waals surface area (Å²) in [5.41, 5.74) is 3.32. The van der Waals surface area contributed by atoms with Crippen LogP contribution in [-0.2, 0) is 13.0 Å². The average molecular weight is 474 g/mol. The fraction of sp³-hybridized carbons (Fsp3) is 0.407. The van der Waals surface area contributed by atoms with Crippen molar-refractivity contribution in [3.8, 4) is 17.1 Å². The zero-order valence-corrected chi connectivity index (χ0v) is 20.1. The van der Waals surface area contributed by atoms with Gasteiger partial charge in [-0.25, -0.2) is 4.98 Å². The Morgan fingerprint density at radius 3 is 2.94 bits per heavy atom. The normalized spacial score (nSPS) is 14.0. The number of aromatic nitrogens is 4. The summed E-state index contributed by atoms with van der Waals surface area (Å²) in [5.74, 6) is 2.68. The van der Waals surface area contributed by atoms with Crippen molar-refractivity contribution in [2.45, 2.75) is 52.0 Å². The number of benzene rings is 2. The molecule has 0 atom stereocenters. The molecule has 2 aromatic heterocycles. The Balaban J connectivity index is 1.18. The van der Waals surface area contributed by atoms with Crippen LogP contribution in [0.2, 0.25) is 0 Å². The van der Waals surface area contributed by atoms with Gasteiger partial charge in [0.15, 0.2) is 0 Å². The highest BCUT2D eigenvalue weighted by molar-refractivity contribution is 5.94. The molecule has 5 rings (SSSR count). The molecule has 35 heavy (non-hydrogen) atoms. The van der Waals surface area contributed by atoms with Crippen molar-refractivity contribution in [3.63, 3.8) is 0 Å². The average Bonchev–Trinajstić information content (AvgIpc) is 3.64. The predicted molar refractivity (Wildman–Crippen MR) is 133 cm³/mol. The standard InChI is InChI=1S/C27H31N5O3/c1-2-34-22-9-5-8-21(16-22)27(33)28-14-15-32-18-29-23-17-20(11-12-24(23)32)26-30-25(35-31-26)13-10-19-6-3-4-7-19/h5,8-9,11-12,16-19H,2-4,6-7,10,13-15H2,1H3,(H,28,33). The van der Waals surface area contributed by atoms with Crippen molar-refractivity contribution in [3.05, 3.63) is 60.2 Å². The Kier molecular flexibility index (Phi) is 7.07. The molecule has 0 unspecified atom stereocenters. The van der Waals surface area contributed by atoms with Gasteiger partial charge < -0.3 is 19.1 Å². The molecule has 1 fully saturated rings. The van der Waals surface area contributed by atoms with E-state index in [1.54, 1.807) is 18.5 Å². The molecule has 1 saturated carbocycles. The van der Waals surface area contributed by atoms with E-state index in [-0.39, 0.29) is 5.91 Å². The molecule has 2 aromatic carbocycles. The number of hydrogen-bond acceptors (Lipinski definition) is 6. The topological polar surface area (TPSA) is 95.1 Å². The third kappa shape index (κ3) is 5.53. The lowest BCUT2D eigenvalue weighted by atomic mass is 10.0. The number of nitrogens with one attached hydrogen (secondary N) is 1. The predicted octanol–water partition coefficient (Wildman–Crippen LogP) is 5.04.